The van der Waals surface area contributed by atoms with Gasteiger partial charge in [0, 0.05) is 13.0 Å². The second-order valence-corrected chi connectivity index (χ2v) is 7.97. The van der Waals surface area contributed by atoms with Crippen molar-refractivity contribution in [3.05, 3.63) is 76.9 Å². The van der Waals surface area contributed by atoms with Crippen molar-refractivity contribution >= 4 is 5.91 Å². The molecule has 5 heteroatoms. The van der Waals surface area contributed by atoms with Gasteiger partial charge in [-0.2, -0.15) is 0 Å². The minimum absolute atomic E-state index is 0.0340. The Morgan fingerprint density at radius 3 is 3.00 bits per heavy atom. The van der Waals surface area contributed by atoms with E-state index in [9.17, 15) is 4.79 Å². The summed E-state index contributed by atoms with van der Waals surface area (Å²) in [6, 6.07) is 14.8. The molecule has 0 radical (unpaired) electrons. The summed E-state index contributed by atoms with van der Waals surface area (Å²) in [5.74, 6) is 2.69. The quantitative estimate of drug-likeness (QED) is 0.614. The lowest BCUT2D eigenvalue weighted by Crippen LogP contribution is -2.27. The van der Waals surface area contributed by atoms with Crippen LogP contribution in [0.5, 0.6) is 11.5 Å². The van der Waals surface area contributed by atoms with Gasteiger partial charge in [0.1, 0.15) is 23.0 Å². The number of rotatable bonds is 0. The maximum atomic E-state index is 12.8. The van der Waals surface area contributed by atoms with Crippen LogP contribution in [0, 0.1) is 6.92 Å². The Hall–Kier alpha value is -3.08. The zero-order chi connectivity index (χ0) is 19.8. The predicted octanol–water partition coefficient (Wildman–Crippen LogP) is 4.59. The van der Waals surface area contributed by atoms with Crippen molar-refractivity contribution in [2.75, 3.05) is 6.54 Å². The minimum Gasteiger partial charge on any atom is -0.457 e. The molecule has 1 atom stereocenters. The zero-order valence-corrected chi connectivity index (χ0v) is 16.6. The highest BCUT2D eigenvalue weighted by atomic mass is 16.5. The van der Waals surface area contributed by atoms with E-state index < -0.39 is 0 Å². The third-order valence-electron chi connectivity index (χ3n) is 5.96. The number of amides is 1. The molecule has 5 nitrogen and oxygen atoms in total. The van der Waals surface area contributed by atoms with Gasteiger partial charge in [0.05, 0.1) is 12.2 Å². The number of aromatic nitrogens is 2. The molecule has 2 aromatic carbocycles. The summed E-state index contributed by atoms with van der Waals surface area (Å²) < 4.78 is 8.39. The number of nitrogens with one attached hydrogen (secondary N) is 1. The molecule has 29 heavy (non-hydrogen) atoms. The lowest BCUT2D eigenvalue weighted by Gasteiger charge is -2.19. The van der Waals surface area contributed by atoms with Crippen LogP contribution in [0.1, 0.15) is 58.3 Å². The van der Waals surface area contributed by atoms with Crippen molar-refractivity contribution in [3.8, 4) is 11.5 Å². The summed E-state index contributed by atoms with van der Waals surface area (Å²) in [7, 11) is 0. The first-order valence-corrected chi connectivity index (χ1v) is 10.4. The van der Waals surface area contributed by atoms with Crippen molar-refractivity contribution in [2.45, 2.75) is 45.1 Å². The van der Waals surface area contributed by atoms with Crippen molar-refractivity contribution in [1.29, 1.82) is 0 Å². The van der Waals surface area contributed by atoms with Crippen LogP contribution >= 0.6 is 0 Å². The number of ether oxygens (including phenoxy) is 1. The van der Waals surface area contributed by atoms with Gasteiger partial charge < -0.3 is 14.6 Å². The Morgan fingerprint density at radius 2 is 2.07 bits per heavy atom. The van der Waals surface area contributed by atoms with E-state index >= 15 is 0 Å². The molecule has 0 fully saturated rings. The lowest BCUT2D eigenvalue weighted by atomic mass is 10.0. The van der Waals surface area contributed by atoms with Gasteiger partial charge in [-0.1, -0.05) is 24.3 Å². The summed E-state index contributed by atoms with van der Waals surface area (Å²) in [6.45, 7) is 2.74. The molecule has 4 bridgehead atoms. The van der Waals surface area contributed by atoms with Gasteiger partial charge in [0.25, 0.3) is 5.91 Å². The van der Waals surface area contributed by atoms with Crippen LogP contribution in [0.25, 0.3) is 0 Å². The molecule has 148 valence electrons. The van der Waals surface area contributed by atoms with E-state index in [1.54, 1.807) is 6.20 Å². The topological polar surface area (TPSA) is 56.1 Å². The van der Waals surface area contributed by atoms with Gasteiger partial charge in [0.15, 0.2) is 0 Å². The molecule has 1 aromatic heterocycles. The molecule has 1 amide bonds. The number of fused-ring (bicyclic) bond motifs is 5. The summed E-state index contributed by atoms with van der Waals surface area (Å²) >= 11 is 0. The molecule has 0 saturated carbocycles. The SMILES string of the molecule is Cc1ccc2cc1Oc1cccc(c1)CCCCNC(=O)c1cnc3n1C2CC3. The van der Waals surface area contributed by atoms with E-state index in [-0.39, 0.29) is 11.9 Å². The highest BCUT2D eigenvalue weighted by Crippen LogP contribution is 2.36. The van der Waals surface area contributed by atoms with E-state index in [4.69, 9.17) is 4.74 Å². The van der Waals surface area contributed by atoms with Gasteiger partial charge in [-0.05, 0) is 67.5 Å². The fourth-order valence-electron chi connectivity index (χ4n) is 4.38. The van der Waals surface area contributed by atoms with E-state index in [0.717, 1.165) is 60.6 Å². The van der Waals surface area contributed by atoms with Gasteiger partial charge in [0.2, 0.25) is 0 Å². The normalized spacial score (nSPS) is 18.7. The fraction of sp³-hybridized carbons (Fsp3) is 0.333. The molecule has 5 rings (SSSR count). The number of carbonyl (C=O) groups excluding carboxylic acids is 1. The van der Waals surface area contributed by atoms with E-state index in [2.05, 4.69) is 58.2 Å². The van der Waals surface area contributed by atoms with Crippen LogP contribution in [0.15, 0.2) is 48.7 Å². The van der Waals surface area contributed by atoms with Crippen LogP contribution in [0.2, 0.25) is 0 Å². The first-order chi connectivity index (χ1) is 14.2. The average molecular weight is 387 g/mol. The summed E-state index contributed by atoms with van der Waals surface area (Å²) in [5.41, 5.74) is 4.16. The first-order valence-electron chi connectivity index (χ1n) is 10.4. The number of imidazole rings is 1. The Kier molecular flexibility index (Phi) is 4.58. The molecule has 3 heterocycles. The zero-order valence-electron chi connectivity index (χ0n) is 16.6. The number of carbonyl (C=O) groups is 1. The maximum absolute atomic E-state index is 12.8. The van der Waals surface area contributed by atoms with Crippen LogP contribution in [-0.4, -0.2) is 22.0 Å². The fourth-order valence-corrected chi connectivity index (χ4v) is 4.38. The Balaban J connectivity index is 1.58. The number of hydrogen-bond donors (Lipinski definition) is 1. The average Bonchev–Trinajstić information content (AvgIpc) is 3.31. The van der Waals surface area contributed by atoms with E-state index in [0.29, 0.717) is 12.2 Å². The van der Waals surface area contributed by atoms with Crippen molar-refractivity contribution in [3.63, 3.8) is 0 Å². The van der Waals surface area contributed by atoms with E-state index in [1.807, 2.05) is 6.07 Å². The van der Waals surface area contributed by atoms with Gasteiger partial charge in [-0.15, -0.1) is 0 Å². The number of aryl methyl sites for hydroxylation is 3. The molecular weight excluding hydrogens is 362 g/mol. The van der Waals surface area contributed by atoms with Crippen LogP contribution in [0.4, 0.5) is 0 Å². The second kappa shape index (κ2) is 7.39. The van der Waals surface area contributed by atoms with Crippen molar-refractivity contribution in [2.24, 2.45) is 0 Å². The lowest BCUT2D eigenvalue weighted by molar-refractivity contribution is 0.0943. The Morgan fingerprint density at radius 1 is 1.14 bits per heavy atom. The smallest absolute Gasteiger partial charge is 0.269 e. The van der Waals surface area contributed by atoms with Crippen molar-refractivity contribution < 1.29 is 9.53 Å². The van der Waals surface area contributed by atoms with Gasteiger partial charge >= 0.3 is 0 Å². The highest BCUT2D eigenvalue weighted by Gasteiger charge is 2.30. The Labute approximate surface area is 170 Å². The second-order valence-electron chi connectivity index (χ2n) is 7.97. The molecule has 1 unspecified atom stereocenters. The largest absolute Gasteiger partial charge is 0.457 e. The molecular formula is C24H25N3O2. The third-order valence-corrected chi connectivity index (χ3v) is 5.96. The highest BCUT2D eigenvalue weighted by molar-refractivity contribution is 5.92. The predicted molar refractivity (Wildman–Crippen MR) is 112 cm³/mol. The van der Waals surface area contributed by atoms with Crippen molar-refractivity contribution in [1.82, 2.24) is 14.9 Å². The van der Waals surface area contributed by atoms with Gasteiger partial charge in [-0.3, -0.25) is 4.79 Å². The Bertz CT molecular complexity index is 1070. The summed E-state index contributed by atoms with van der Waals surface area (Å²) in [6.07, 6.45) is 6.48. The summed E-state index contributed by atoms with van der Waals surface area (Å²) in [5, 5.41) is 3.08. The number of hydrogen-bond acceptors (Lipinski definition) is 3. The van der Waals surface area contributed by atoms with Gasteiger partial charge in [-0.25, -0.2) is 4.98 Å². The number of nitrogens with zero attached hydrogens (tertiary/aromatic N) is 2. The molecule has 0 saturated heterocycles. The molecule has 0 aliphatic carbocycles. The first kappa shape index (κ1) is 18.0. The standard InChI is InChI=1S/C24H25N3O2/c1-16-8-9-18-14-22(16)29-19-7-4-6-17(13-19)5-2-3-12-25-24(28)21-15-26-23-11-10-20(18)27(21)23/h4,6-9,13-15,20H,2-3,5,10-12H2,1H3,(H,25,28). The third kappa shape index (κ3) is 3.41. The summed E-state index contributed by atoms with van der Waals surface area (Å²) in [4.78, 5) is 17.3. The number of benzene rings is 2. The van der Waals surface area contributed by atoms with Crippen LogP contribution in [-0.2, 0) is 12.8 Å². The van der Waals surface area contributed by atoms with Crippen LogP contribution in [0.3, 0.4) is 0 Å². The monoisotopic (exact) mass is 387 g/mol. The molecule has 3 aromatic rings. The minimum atomic E-state index is -0.0340. The molecule has 2 aliphatic rings. The van der Waals surface area contributed by atoms with Crippen LogP contribution < -0.4 is 10.1 Å². The maximum Gasteiger partial charge on any atom is 0.269 e. The molecule has 0 spiro atoms. The molecule has 2 aliphatic heterocycles. The van der Waals surface area contributed by atoms with E-state index in [1.165, 1.54) is 5.56 Å². The molecule has 1 N–H and O–H groups in total.